The van der Waals surface area contributed by atoms with Crippen molar-refractivity contribution >= 4 is 10.2 Å². The summed E-state index contributed by atoms with van der Waals surface area (Å²) in [5.74, 6) is 0. The van der Waals surface area contributed by atoms with Crippen molar-refractivity contribution in [3.63, 3.8) is 0 Å². The van der Waals surface area contributed by atoms with Gasteiger partial charge in [0.1, 0.15) is 0 Å². The van der Waals surface area contributed by atoms with Crippen molar-refractivity contribution in [2.45, 2.75) is 6.54 Å². The summed E-state index contributed by atoms with van der Waals surface area (Å²) < 4.78 is 30.9. The molecular weight excluding hydrogens is 314 g/mol. The molecule has 0 atom stereocenters. The fourth-order valence-electron chi connectivity index (χ4n) is 3.19. The molecule has 1 aromatic rings. The maximum Gasteiger partial charge on any atom is 0.282 e. The average Bonchev–Trinajstić information content (AvgIpc) is 2.93. The van der Waals surface area contributed by atoms with E-state index in [4.69, 9.17) is 0 Å². The molecular formula is C15H27N5O2S. The molecule has 2 aliphatic rings. The lowest BCUT2D eigenvalue weighted by atomic mass is 10.3. The predicted octanol–water partition coefficient (Wildman–Crippen LogP) is -0.365. The molecule has 0 radical (unpaired) electrons. The van der Waals surface area contributed by atoms with Crippen LogP contribution in [0.1, 0.15) is 5.69 Å². The average molecular weight is 341 g/mol. The highest BCUT2D eigenvalue weighted by molar-refractivity contribution is 7.86. The molecule has 8 heteroatoms. The number of aryl methyl sites for hydroxylation is 1. The monoisotopic (exact) mass is 341 g/mol. The molecule has 2 aliphatic heterocycles. The normalized spacial score (nSPS) is 23.4. The van der Waals surface area contributed by atoms with Gasteiger partial charge in [0, 0.05) is 77.8 Å². The van der Waals surface area contributed by atoms with E-state index in [2.05, 4.69) is 20.4 Å². The second-order valence-corrected chi connectivity index (χ2v) is 8.42. The van der Waals surface area contributed by atoms with Gasteiger partial charge in [0.25, 0.3) is 10.2 Å². The van der Waals surface area contributed by atoms with Gasteiger partial charge in [-0.05, 0) is 19.2 Å². The van der Waals surface area contributed by atoms with Crippen molar-refractivity contribution in [2.24, 2.45) is 7.05 Å². The first-order valence-corrected chi connectivity index (χ1v) is 9.63. The van der Waals surface area contributed by atoms with Crippen molar-refractivity contribution in [3.8, 4) is 0 Å². The molecule has 130 valence electrons. The number of nitrogens with zero attached hydrogens (tertiary/aromatic N) is 5. The van der Waals surface area contributed by atoms with Gasteiger partial charge in [-0.3, -0.25) is 4.90 Å². The zero-order chi connectivity index (χ0) is 16.4. The lowest BCUT2D eigenvalue weighted by Crippen LogP contribution is -2.56. The smallest absolute Gasteiger partial charge is 0.282 e. The minimum Gasteiger partial charge on any atom is -0.353 e. The van der Waals surface area contributed by atoms with Gasteiger partial charge in [-0.1, -0.05) is 0 Å². The summed E-state index contributed by atoms with van der Waals surface area (Å²) in [6.45, 7) is 6.45. The lowest BCUT2D eigenvalue weighted by molar-refractivity contribution is 0.163. The summed E-state index contributed by atoms with van der Waals surface area (Å²) in [6, 6.07) is 4.16. The van der Waals surface area contributed by atoms with Crippen LogP contribution in [0, 0.1) is 0 Å². The second-order valence-electron chi connectivity index (χ2n) is 6.50. The highest BCUT2D eigenvalue weighted by atomic mass is 32.2. The Hall–Kier alpha value is -0.930. The Kier molecular flexibility index (Phi) is 5.07. The SMILES string of the molecule is CN1CCN(S(=O)(=O)N2CCN(Cc3cccn3C)CC2)CC1. The standard InChI is InChI=1S/C15H27N5O2S/c1-16-6-10-19(11-7-16)23(21,22)20-12-8-18(9-13-20)14-15-4-3-5-17(15)2/h3-5H,6-14H2,1-2H3. The molecule has 2 fully saturated rings. The molecule has 0 saturated carbocycles. The molecule has 23 heavy (non-hydrogen) atoms. The maximum absolute atomic E-state index is 12.7. The molecule has 0 aromatic carbocycles. The molecule has 0 spiro atoms. The lowest BCUT2D eigenvalue weighted by Gasteiger charge is -2.39. The van der Waals surface area contributed by atoms with Crippen molar-refractivity contribution < 1.29 is 8.42 Å². The highest BCUT2D eigenvalue weighted by Crippen LogP contribution is 2.15. The van der Waals surface area contributed by atoms with Crippen molar-refractivity contribution in [3.05, 3.63) is 24.0 Å². The quantitative estimate of drug-likeness (QED) is 0.750. The third kappa shape index (κ3) is 3.77. The number of piperazine rings is 2. The topological polar surface area (TPSA) is 52.0 Å². The van der Waals surface area contributed by atoms with Crippen LogP contribution in [0.15, 0.2) is 18.3 Å². The van der Waals surface area contributed by atoms with Crippen molar-refractivity contribution in [1.29, 1.82) is 0 Å². The Morgan fingerprint density at radius 2 is 1.48 bits per heavy atom. The van der Waals surface area contributed by atoms with Crippen LogP contribution in [0.5, 0.6) is 0 Å². The largest absolute Gasteiger partial charge is 0.353 e. The third-order valence-corrected chi connectivity index (χ3v) is 6.92. The van der Waals surface area contributed by atoms with E-state index in [1.165, 1.54) is 5.69 Å². The zero-order valence-corrected chi connectivity index (χ0v) is 14.9. The Labute approximate surface area is 139 Å². The van der Waals surface area contributed by atoms with Crippen LogP contribution in [-0.4, -0.2) is 90.8 Å². The van der Waals surface area contributed by atoms with Crippen LogP contribution in [-0.2, 0) is 23.8 Å². The number of rotatable bonds is 4. The van der Waals surface area contributed by atoms with Gasteiger partial charge < -0.3 is 9.47 Å². The fraction of sp³-hybridized carbons (Fsp3) is 0.733. The molecule has 1 aromatic heterocycles. The third-order valence-electron chi connectivity index (χ3n) is 4.88. The molecule has 0 amide bonds. The Balaban J connectivity index is 1.55. The molecule has 0 aliphatic carbocycles. The van der Waals surface area contributed by atoms with Gasteiger partial charge in [-0.2, -0.15) is 17.0 Å². The first kappa shape index (κ1) is 16.9. The molecule has 7 nitrogen and oxygen atoms in total. The zero-order valence-electron chi connectivity index (χ0n) is 14.1. The first-order chi connectivity index (χ1) is 11.0. The minimum atomic E-state index is -3.29. The van der Waals surface area contributed by atoms with Gasteiger partial charge >= 0.3 is 0 Å². The van der Waals surface area contributed by atoms with E-state index >= 15 is 0 Å². The van der Waals surface area contributed by atoms with Gasteiger partial charge in [0.2, 0.25) is 0 Å². The van der Waals surface area contributed by atoms with E-state index in [9.17, 15) is 8.42 Å². The number of likely N-dealkylation sites (N-methyl/N-ethyl adjacent to an activating group) is 1. The predicted molar refractivity (Wildman–Crippen MR) is 90.3 cm³/mol. The Morgan fingerprint density at radius 1 is 0.913 bits per heavy atom. The number of hydrogen-bond donors (Lipinski definition) is 0. The van der Waals surface area contributed by atoms with Crippen LogP contribution in [0.4, 0.5) is 0 Å². The van der Waals surface area contributed by atoms with E-state index in [-0.39, 0.29) is 0 Å². The van der Waals surface area contributed by atoms with Gasteiger partial charge in [-0.25, -0.2) is 0 Å². The second kappa shape index (κ2) is 6.90. The molecule has 3 rings (SSSR count). The van der Waals surface area contributed by atoms with Crippen molar-refractivity contribution in [2.75, 3.05) is 59.4 Å². The van der Waals surface area contributed by atoms with Crippen LogP contribution >= 0.6 is 0 Å². The van der Waals surface area contributed by atoms with Crippen LogP contribution in [0.2, 0.25) is 0 Å². The van der Waals surface area contributed by atoms with E-state index < -0.39 is 10.2 Å². The summed E-state index contributed by atoms with van der Waals surface area (Å²) in [7, 11) is 0.785. The molecule has 0 N–H and O–H groups in total. The van der Waals surface area contributed by atoms with Crippen LogP contribution in [0.3, 0.4) is 0 Å². The van der Waals surface area contributed by atoms with E-state index in [0.29, 0.717) is 26.2 Å². The summed E-state index contributed by atoms with van der Waals surface area (Å²) in [5.41, 5.74) is 1.26. The molecule has 0 bridgehead atoms. The summed E-state index contributed by atoms with van der Waals surface area (Å²) >= 11 is 0. The van der Waals surface area contributed by atoms with Gasteiger partial charge in [0.15, 0.2) is 0 Å². The molecule has 0 unspecified atom stereocenters. The summed E-state index contributed by atoms with van der Waals surface area (Å²) in [4.78, 5) is 4.50. The Morgan fingerprint density at radius 3 is 2.00 bits per heavy atom. The van der Waals surface area contributed by atoms with E-state index in [0.717, 1.165) is 32.7 Å². The first-order valence-electron chi connectivity index (χ1n) is 8.23. The van der Waals surface area contributed by atoms with E-state index in [1.54, 1.807) is 8.61 Å². The molecule has 2 saturated heterocycles. The number of hydrogen-bond acceptors (Lipinski definition) is 4. The maximum atomic E-state index is 12.7. The van der Waals surface area contributed by atoms with Gasteiger partial charge in [0.05, 0.1) is 0 Å². The van der Waals surface area contributed by atoms with Gasteiger partial charge in [-0.15, -0.1) is 0 Å². The number of aromatic nitrogens is 1. The summed E-state index contributed by atoms with van der Waals surface area (Å²) in [6.07, 6.45) is 2.05. The highest BCUT2D eigenvalue weighted by Gasteiger charge is 2.33. The van der Waals surface area contributed by atoms with E-state index in [1.807, 2.05) is 26.4 Å². The Bertz CT molecular complexity index is 614. The minimum absolute atomic E-state index is 0.582. The van der Waals surface area contributed by atoms with Crippen LogP contribution < -0.4 is 0 Å². The summed E-state index contributed by atoms with van der Waals surface area (Å²) in [5, 5.41) is 0. The molecule has 3 heterocycles. The van der Waals surface area contributed by atoms with Crippen molar-refractivity contribution in [1.82, 2.24) is 23.0 Å². The fourth-order valence-corrected chi connectivity index (χ4v) is 4.77. The van der Waals surface area contributed by atoms with Crippen LogP contribution in [0.25, 0.3) is 0 Å².